The molecule has 4 rings (SSSR count). The number of carboxylic acid groups (broad SMARTS) is 1. The third-order valence-corrected chi connectivity index (χ3v) is 5.53. The van der Waals surface area contributed by atoms with E-state index in [9.17, 15) is 14.7 Å². The van der Waals surface area contributed by atoms with Gasteiger partial charge in [-0.25, -0.2) is 4.68 Å². The van der Waals surface area contributed by atoms with Gasteiger partial charge in [0, 0.05) is 13.1 Å². The molecule has 1 saturated heterocycles. The highest BCUT2D eigenvalue weighted by molar-refractivity contribution is 5.94. The van der Waals surface area contributed by atoms with E-state index in [1.165, 1.54) is 0 Å². The third-order valence-electron chi connectivity index (χ3n) is 5.53. The number of carbonyl (C=O) groups is 2. The van der Waals surface area contributed by atoms with Crippen molar-refractivity contribution in [2.24, 2.45) is 11.8 Å². The fourth-order valence-corrected chi connectivity index (χ4v) is 3.80. The minimum Gasteiger partial charge on any atom is -0.481 e. The normalized spacial score (nSPS) is 18.8. The van der Waals surface area contributed by atoms with Crippen molar-refractivity contribution >= 4 is 11.9 Å². The number of hydrogen-bond acceptors (Lipinski definition) is 4. The first kappa shape index (κ1) is 18.9. The smallest absolute Gasteiger partial charge is 0.308 e. The fraction of sp³-hybridized carbons (Fsp3) is 0.273. The Hall–Kier alpha value is -3.48. The Bertz CT molecular complexity index is 1040. The number of nitrogens with zero attached hydrogens (tertiary/aromatic N) is 4. The molecule has 3 aromatic rings. The zero-order chi connectivity index (χ0) is 20.5. The number of amides is 1. The van der Waals surface area contributed by atoms with Gasteiger partial charge in [-0.3, -0.25) is 9.59 Å². The molecular formula is C22H22N4O3. The zero-order valence-electron chi connectivity index (χ0n) is 16.3. The molecule has 1 fully saturated rings. The van der Waals surface area contributed by atoms with Crippen LogP contribution in [0.2, 0.25) is 0 Å². The van der Waals surface area contributed by atoms with Crippen molar-refractivity contribution in [1.29, 1.82) is 0 Å². The first-order valence-electron chi connectivity index (χ1n) is 9.56. The van der Waals surface area contributed by atoms with Crippen LogP contribution in [0.3, 0.4) is 0 Å². The maximum atomic E-state index is 12.9. The Labute approximate surface area is 168 Å². The summed E-state index contributed by atoms with van der Waals surface area (Å²) < 4.78 is 1.64. The monoisotopic (exact) mass is 390 g/mol. The molecule has 2 aromatic carbocycles. The average Bonchev–Trinajstić information content (AvgIpc) is 3.31. The van der Waals surface area contributed by atoms with Crippen molar-refractivity contribution < 1.29 is 14.7 Å². The van der Waals surface area contributed by atoms with Crippen molar-refractivity contribution in [2.75, 3.05) is 13.1 Å². The summed E-state index contributed by atoms with van der Waals surface area (Å²) in [6.45, 7) is 4.26. The molecule has 1 aromatic heterocycles. The van der Waals surface area contributed by atoms with E-state index in [0.717, 1.165) is 16.8 Å². The zero-order valence-corrected chi connectivity index (χ0v) is 16.3. The second kappa shape index (κ2) is 7.50. The molecule has 1 amide bonds. The number of hydrogen-bond donors (Lipinski definition) is 1. The van der Waals surface area contributed by atoms with Crippen LogP contribution in [0.4, 0.5) is 0 Å². The van der Waals surface area contributed by atoms with E-state index in [4.69, 9.17) is 0 Å². The molecule has 0 spiro atoms. The van der Waals surface area contributed by atoms with Gasteiger partial charge in [-0.1, -0.05) is 54.6 Å². The lowest BCUT2D eigenvalue weighted by atomic mass is 9.99. The lowest BCUT2D eigenvalue weighted by Gasteiger charge is -2.14. The minimum atomic E-state index is -0.869. The predicted molar refractivity (Wildman–Crippen MR) is 108 cm³/mol. The number of benzene rings is 2. The third kappa shape index (κ3) is 3.51. The van der Waals surface area contributed by atoms with E-state index in [1.54, 1.807) is 16.5 Å². The van der Waals surface area contributed by atoms with Crippen LogP contribution in [0.15, 0.2) is 54.6 Å². The lowest BCUT2D eigenvalue weighted by Crippen LogP contribution is -2.30. The molecule has 0 bridgehead atoms. The van der Waals surface area contributed by atoms with Crippen LogP contribution in [0.1, 0.15) is 23.1 Å². The summed E-state index contributed by atoms with van der Waals surface area (Å²) in [5.74, 6) is -1.77. The second-order valence-corrected chi connectivity index (χ2v) is 7.48. The molecule has 2 atom stereocenters. The Kier molecular flexibility index (Phi) is 4.88. The Balaban J connectivity index is 1.56. The largest absolute Gasteiger partial charge is 0.481 e. The van der Waals surface area contributed by atoms with E-state index >= 15 is 0 Å². The summed E-state index contributed by atoms with van der Waals surface area (Å²) in [7, 11) is 0. The van der Waals surface area contributed by atoms with Crippen LogP contribution in [0.5, 0.6) is 0 Å². The van der Waals surface area contributed by atoms with Crippen molar-refractivity contribution in [3.63, 3.8) is 0 Å². The number of carboxylic acids is 1. The van der Waals surface area contributed by atoms with Crippen molar-refractivity contribution in [2.45, 2.75) is 13.8 Å². The molecule has 1 aliphatic heterocycles. The topological polar surface area (TPSA) is 88.3 Å². The van der Waals surface area contributed by atoms with Crippen LogP contribution in [-0.4, -0.2) is 50.0 Å². The Morgan fingerprint density at radius 1 is 1.00 bits per heavy atom. The predicted octanol–water partition coefficient (Wildman–Crippen LogP) is 3.04. The summed E-state index contributed by atoms with van der Waals surface area (Å²) >= 11 is 0. The second-order valence-electron chi connectivity index (χ2n) is 7.48. The fourth-order valence-electron chi connectivity index (χ4n) is 3.80. The summed E-state index contributed by atoms with van der Waals surface area (Å²) in [5, 5.41) is 17.5. The van der Waals surface area contributed by atoms with E-state index in [1.807, 2.05) is 61.5 Å². The van der Waals surface area contributed by atoms with Gasteiger partial charge < -0.3 is 10.0 Å². The van der Waals surface area contributed by atoms with Gasteiger partial charge in [-0.05, 0) is 36.1 Å². The molecular weight excluding hydrogens is 368 g/mol. The molecule has 29 heavy (non-hydrogen) atoms. The van der Waals surface area contributed by atoms with Gasteiger partial charge in [0.1, 0.15) is 0 Å². The van der Waals surface area contributed by atoms with Gasteiger partial charge in [0.05, 0.1) is 17.3 Å². The quantitative estimate of drug-likeness (QED) is 0.740. The number of likely N-dealkylation sites (tertiary alicyclic amines) is 1. The van der Waals surface area contributed by atoms with Crippen LogP contribution in [-0.2, 0) is 4.79 Å². The summed E-state index contributed by atoms with van der Waals surface area (Å²) in [5.41, 5.74) is 3.92. The maximum Gasteiger partial charge on any atom is 0.308 e. The minimum absolute atomic E-state index is 0.0858. The van der Waals surface area contributed by atoms with Gasteiger partial charge in [0.25, 0.3) is 5.91 Å². The summed E-state index contributed by atoms with van der Waals surface area (Å²) in [6, 6.07) is 18.0. The van der Waals surface area contributed by atoms with E-state index in [2.05, 4.69) is 10.3 Å². The van der Waals surface area contributed by atoms with E-state index < -0.39 is 11.9 Å². The number of carbonyl (C=O) groups excluding carboxylic acids is 1. The molecule has 7 heteroatoms. The molecule has 7 nitrogen and oxygen atoms in total. The van der Waals surface area contributed by atoms with Crippen LogP contribution in [0, 0.1) is 18.8 Å². The van der Waals surface area contributed by atoms with Crippen LogP contribution in [0.25, 0.3) is 16.8 Å². The Morgan fingerprint density at radius 3 is 2.28 bits per heavy atom. The van der Waals surface area contributed by atoms with E-state index in [-0.39, 0.29) is 24.1 Å². The van der Waals surface area contributed by atoms with E-state index in [0.29, 0.717) is 12.2 Å². The summed E-state index contributed by atoms with van der Waals surface area (Å²) in [4.78, 5) is 25.8. The highest BCUT2D eigenvalue weighted by Crippen LogP contribution is 2.26. The highest BCUT2D eigenvalue weighted by atomic mass is 16.4. The number of aromatic nitrogens is 3. The van der Waals surface area contributed by atoms with Gasteiger partial charge in [-0.15, -0.1) is 5.10 Å². The van der Waals surface area contributed by atoms with Crippen LogP contribution >= 0.6 is 0 Å². The first-order valence-corrected chi connectivity index (χ1v) is 9.56. The molecule has 148 valence electrons. The number of rotatable bonds is 4. The maximum absolute atomic E-state index is 12.9. The molecule has 0 radical (unpaired) electrons. The highest BCUT2D eigenvalue weighted by Gasteiger charge is 2.38. The number of aliphatic carboxylic acids is 1. The molecule has 1 N–H and O–H groups in total. The van der Waals surface area contributed by atoms with Gasteiger partial charge >= 0.3 is 5.97 Å². The Morgan fingerprint density at radius 2 is 1.66 bits per heavy atom. The van der Waals surface area contributed by atoms with Crippen LogP contribution < -0.4 is 0 Å². The van der Waals surface area contributed by atoms with Gasteiger partial charge in [-0.2, -0.15) is 0 Å². The molecule has 2 heterocycles. The van der Waals surface area contributed by atoms with Crippen molar-refractivity contribution in [1.82, 2.24) is 19.9 Å². The van der Waals surface area contributed by atoms with Gasteiger partial charge in [0.15, 0.2) is 5.69 Å². The molecule has 0 unspecified atom stereocenters. The molecule has 0 saturated carbocycles. The summed E-state index contributed by atoms with van der Waals surface area (Å²) in [6.07, 6.45) is 0. The average molecular weight is 390 g/mol. The SMILES string of the molecule is Cc1c(C(=O)N2C[C@@H](C)[C@H](C(=O)O)C2)nnn1-c1ccc(-c2ccccc2)cc1. The molecule has 1 aliphatic rings. The molecule has 0 aliphatic carbocycles. The lowest BCUT2D eigenvalue weighted by molar-refractivity contribution is -0.142. The first-order chi connectivity index (χ1) is 14.0. The van der Waals surface area contributed by atoms with Gasteiger partial charge in [0.2, 0.25) is 0 Å². The van der Waals surface area contributed by atoms with Crippen molar-refractivity contribution in [3.05, 3.63) is 66.0 Å². The standard InChI is InChI=1S/C22H22N4O3/c1-14-12-25(13-19(14)22(28)29)21(27)20-15(2)26(24-23-20)18-10-8-17(9-11-18)16-6-4-3-5-7-16/h3-11,14,19H,12-13H2,1-2H3,(H,28,29)/t14-,19-/m1/s1. The van der Waals surface area contributed by atoms with Crippen molar-refractivity contribution in [3.8, 4) is 16.8 Å².